The van der Waals surface area contributed by atoms with E-state index in [1.807, 2.05) is 42.7 Å². The van der Waals surface area contributed by atoms with Crippen LogP contribution in [0.15, 0.2) is 67.1 Å². The Balaban J connectivity index is 1.57. The van der Waals surface area contributed by atoms with Gasteiger partial charge in [0.15, 0.2) is 5.11 Å². The van der Waals surface area contributed by atoms with Crippen LogP contribution in [0.4, 0.5) is 0 Å². The summed E-state index contributed by atoms with van der Waals surface area (Å²) in [4.78, 5) is 11.4. The van der Waals surface area contributed by atoms with E-state index in [0.29, 0.717) is 0 Å². The van der Waals surface area contributed by atoms with E-state index in [4.69, 9.17) is 17.0 Å². The molecule has 2 aliphatic heterocycles. The fourth-order valence-electron chi connectivity index (χ4n) is 4.27. The summed E-state index contributed by atoms with van der Waals surface area (Å²) in [6, 6.07) is 16.1. The fourth-order valence-corrected chi connectivity index (χ4v) is 4.59. The molecule has 3 aromatic heterocycles. The summed E-state index contributed by atoms with van der Waals surface area (Å²) in [7, 11) is 0. The number of ether oxygens (including phenoxy) is 1. The van der Waals surface area contributed by atoms with Crippen molar-refractivity contribution < 1.29 is 4.74 Å². The number of pyridine rings is 2. The predicted octanol–water partition coefficient (Wildman–Crippen LogP) is 3.42. The highest BCUT2D eigenvalue weighted by Gasteiger charge is 2.42. The summed E-state index contributed by atoms with van der Waals surface area (Å²) in [5, 5.41) is 4.26. The molecule has 29 heavy (non-hydrogen) atoms. The maximum Gasteiger partial charge on any atom is 0.170 e. The summed E-state index contributed by atoms with van der Waals surface area (Å²) < 4.78 is 8.06. The smallest absolute Gasteiger partial charge is 0.170 e. The van der Waals surface area contributed by atoms with Gasteiger partial charge in [0.1, 0.15) is 5.82 Å². The van der Waals surface area contributed by atoms with Crippen LogP contribution in [0.5, 0.6) is 0 Å². The van der Waals surface area contributed by atoms with Crippen LogP contribution in [0.2, 0.25) is 0 Å². The minimum absolute atomic E-state index is 0.00129. The quantitative estimate of drug-likeness (QED) is 0.657. The van der Waals surface area contributed by atoms with E-state index in [2.05, 4.69) is 49.1 Å². The summed E-state index contributed by atoms with van der Waals surface area (Å²) in [6.07, 6.45) is 8.09. The second-order valence-corrected chi connectivity index (χ2v) is 7.79. The summed E-state index contributed by atoms with van der Waals surface area (Å²) >= 11 is 5.77. The van der Waals surface area contributed by atoms with Gasteiger partial charge in [-0.1, -0.05) is 12.1 Å². The SMILES string of the molecule is S=C1N[C@H](c2ccccn2)[C@@H](c2cccn2-c2ccccn2)N1C[C@@H]1CCCO1. The van der Waals surface area contributed by atoms with E-state index in [-0.39, 0.29) is 18.2 Å². The zero-order chi connectivity index (χ0) is 19.6. The average molecular weight is 406 g/mol. The molecule has 148 valence electrons. The summed E-state index contributed by atoms with van der Waals surface area (Å²) in [5.41, 5.74) is 2.10. The molecule has 0 radical (unpaired) electrons. The van der Waals surface area contributed by atoms with Crippen molar-refractivity contribution in [3.8, 4) is 5.82 Å². The molecule has 0 unspecified atom stereocenters. The van der Waals surface area contributed by atoms with Gasteiger partial charge in [-0.3, -0.25) is 4.98 Å². The first-order valence-electron chi connectivity index (χ1n) is 9.99. The van der Waals surface area contributed by atoms with Gasteiger partial charge >= 0.3 is 0 Å². The van der Waals surface area contributed by atoms with Crippen molar-refractivity contribution in [1.82, 2.24) is 24.8 Å². The zero-order valence-electron chi connectivity index (χ0n) is 16.0. The Morgan fingerprint density at radius 3 is 2.66 bits per heavy atom. The molecule has 2 aliphatic rings. The minimum atomic E-state index is -0.0394. The molecule has 0 saturated carbocycles. The Labute approximate surface area is 175 Å². The fraction of sp³-hybridized carbons (Fsp3) is 0.318. The Morgan fingerprint density at radius 1 is 1.07 bits per heavy atom. The normalized spacial score (nSPS) is 24.1. The summed E-state index contributed by atoms with van der Waals surface area (Å²) in [6.45, 7) is 1.60. The van der Waals surface area contributed by atoms with Gasteiger partial charge < -0.3 is 19.5 Å². The number of aromatic nitrogens is 3. The molecule has 7 heteroatoms. The standard InChI is InChI=1S/C22H23N5OS/c29-22-25-20(17-8-1-3-11-23-17)21(27(22)15-16-7-6-14-28-16)18-9-5-13-26(18)19-10-2-4-12-24-19/h1-5,8-13,16,20-21H,6-7,14-15H2,(H,25,29)/t16-,20+,21+/m0/s1. The maximum absolute atomic E-state index is 5.92. The van der Waals surface area contributed by atoms with Crippen LogP contribution in [0.25, 0.3) is 5.82 Å². The molecule has 0 aliphatic carbocycles. The van der Waals surface area contributed by atoms with Gasteiger partial charge in [0.05, 0.1) is 23.9 Å². The third kappa shape index (κ3) is 3.52. The molecule has 0 spiro atoms. The van der Waals surface area contributed by atoms with Gasteiger partial charge in [-0.15, -0.1) is 0 Å². The molecule has 0 aromatic carbocycles. The molecule has 0 amide bonds. The maximum atomic E-state index is 5.92. The van der Waals surface area contributed by atoms with E-state index in [0.717, 1.165) is 48.3 Å². The van der Waals surface area contributed by atoms with Crippen molar-refractivity contribution >= 4 is 17.3 Å². The molecule has 2 saturated heterocycles. The second kappa shape index (κ2) is 7.93. The van der Waals surface area contributed by atoms with Gasteiger partial charge in [0.2, 0.25) is 0 Å². The first-order valence-corrected chi connectivity index (χ1v) is 10.4. The molecule has 3 aromatic rings. The van der Waals surface area contributed by atoms with Crippen LogP contribution in [0, 0.1) is 0 Å². The predicted molar refractivity (Wildman–Crippen MR) is 115 cm³/mol. The van der Waals surface area contributed by atoms with Gasteiger partial charge in [0, 0.05) is 37.4 Å². The Hall–Kier alpha value is -2.77. The van der Waals surface area contributed by atoms with Crippen LogP contribution >= 0.6 is 12.2 Å². The third-order valence-electron chi connectivity index (χ3n) is 5.60. The average Bonchev–Trinajstić information content (AvgIpc) is 3.51. The van der Waals surface area contributed by atoms with E-state index in [9.17, 15) is 0 Å². The van der Waals surface area contributed by atoms with Crippen LogP contribution < -0.4 is 5.32 Å². The van der Waals surface area contributed by atoms with Crippen molar-refractivity contribution in [1.29, 1.82) is 0 Å². The molecule has 5 heterocycles. The van der Waals surface area contributed by atoms with Crippen molar-refractivity contribution in [2.75, 3.05) is 13.2 Å². The van der Waals surface area contributed by atoms with E-state index in [1.54, 1.807) is 0 Å². The van der Waals surface area contributed by atoms with Crippen LogP contribution in [-0.2, 0) is 4.74 Å². The van der Waals surface area contributed by atoms with Gasteiger partial charge in [-0.25, -0.2) is 4.98 Å². The van der Waals surface area contributed by atoms with E-state index < -0.39 is 0 Å². The van der Waals surface area contributed by atoms with Gasteiger partial charge in [-0.2, -0.15) is 0 Å². The third-order valence-corrected chi connectivity index (χ3v) is 5.95. The highest BCUT2D eigenvalue weighted by molar-refractivity contribution is 7.80. The first kappa shape index (κ1) is 18.3. The van der Waals surface area contributed by atoms with Crippen molar-refractivity contribution in [3.63, 3.8) is 0 Å². The highest BCUT2D eigenvalue weighted by atomic mass is 32.1. The molecule has 5 rings (SSSR count). The van der Waals surface area contributed by atoms with Crippen LogP contribution in [0.1, 0.15) is 36.3 Å². The van der Waals surface area contributed by atoms with Crippen molar-refractivity contribution in [2.24, 2.45) is 0 Å². The van der Waals surface area contributed by atoms with Crippen LogP contribution in [-0.4, -0.2) is 43.8 Å². The molecule has 1 N–H and O–H groups in total. The Kier molecular flexibility index (Phi) is 4.99. The summed E-state index contributed by atoms with van der Waals surface area (Å²) in [5.74, 6) is 0.891. The van der Waals surface area contributed by atoms with Crippen LogP contribution in [0.3, 0.4) is 0 Å². The largest absolute Gasteiger partial charge is 0.376 e. The molecule has 3 atom stereocenters. The lowest BCUT2D eigenvalue weighted by molar-refractivity contribution is 0.0836. The highest BCUT2D eigenvalue weighted by Crippen LogP contribution is 2.40. The lowest BCUT2D eigenvalue weighted by Gasteiger charge is -2.30. The monoisotopic (exact) mass is 405 g/mol. The minimum Gasteiger partial charge on any atom is -0.376 e. The van der Waals surface area contributed by atoms with Crippen molar-refractivity contribution in [3.05, 3.63) is 78.5 Å². The number of thiocarbonyl (C=S) groups is 1. The van der Waals surface area contributed by atoms with Gasteiger partial charge in [0.25, 0.3) is 0 Å². The molecule has 0 bridgehead atoms. The molecule has 6 nitrogen and oxygen atoms in total. The van der Waals surface area contributed by atoms with E-state index in [1.165, 1.54) is 0 Å². The number of nitrogens with one attached hydrogen (secondary N) is 1. The Morgan fingerprint density at radius 2 is 1.93 bits per heavy atom. The topological polar surface area (TPSA) is 55.2 Å². The lowest BCUT2D eigenvalue weighted by atomic mass is 10.0. The molecule has 2 fully saturated rings. The molecular formula is C22H23N5OS. The lowest BCUT2D eigenvalue weighted by Crippen LogP contribution is -2.36. The number of nitrogens with zero attached hydrogens (tertiary/aromatic N) is 4. The van der Waals surface area contributed by atoms with E-state index >= 15 is 0 Å². The van der Waals surface area contributed by atoms with Crippen molar-refractivity contribution in [2.45, 2.75) is 31.0 Å². The molecular weight excluding hydrogens is 382 g/mol. The van der Waals surface area contributed by atoms with Gasteiger partial charge in [-0.05, 0) is 61.5 Å². The number of hydrogen-bond donors (Lipinski definition) is 1. The number of rotatable bonds is 5. The first-order chi connectivity index (χ1) is 14.3. The number of hydrogen-bond acceptors (Lipinski definition) is 4. The second-order valence-electron chi connectivity index (χ2n) is 7.40. The zero-order valence-corrected chi connectivity index (χ0v) is 16.8. The Bertz CT molecular complexity index is 971.